The lowest BCUT2D eigenvalue weighted by molar-refractivity contribution is 0.328. The summed E-state index contributed by atoms with van der Waals surface area (Å²) in [5.41, 5.74) is 9.52. The Labute approximate surface area is 132 Å². The molecule has 1 aliphatic rings. The third-order valence-electron chi connectivity index (χ3n) is 3.63. The highest BCUT2D eigenvalue weighted by Gasteiger charge is 2.19. The van der Waals surface area contributed by atoms with Crippen molar-refractivity contribution in [3.63, 3.8) is 0 Å². The summed E-state index contributed by atoms with van der Waals surface area (Å²) in [7, 11) is 0. The average Bonchev–Trinajstić information content (AvgIpc) is 2.74. The lowest BCUT2D eigenvalue weighted by Crippen LogP contribution is -2.26. The second-order valence-corrected chi connectivity index (χ2v) is 5.22. The van der Waals surface area contributed by atoms with Crippen LogP contribution in [0.3, 0.4) is 0 Å². The number of aryl methyl sites for hydroxylation is 1. The SMILES string of the molecule is Cc1cc(CN2CC[C@@H](N)C2)c2ccccc2n1.Cl.Cl. The largest absolute Gasteiger partial charge is 0.326 e. The van der Waals surface area contributed by atoms with Gasteiger partial charge >= 0.3 is 0 Å². The van der Waals surface area contributed by atoms with Crippen LogP contribution in [0.1, 0.15) is 17.7 Å². The number of pyridine rings is 1. The summed E-state index contributed by atoms with van der Waals surface area (Å²) in [6, 6.07) is 10.9. The van der Waals surface area contributed by atoms with E-state index in [1.165, 1.54) is 10.9 Å². The number of hydrogen-bond acceptors (Lipinski definition) is 3. The minimum Gasteiger partial charge on any atom is -0.326 e. The van der Waals surface area contributed by atoms with Crippen molar-refractivity contribution in [1.82, 2.24) is 9.88 Å². The predicted octanol–water partition coefficient (Wildman–Crippen LogP) is 2.92. The second kappa shape index (κ2) is 7.23. The molecule has 2 heterocycles. The zero-order valence-electron chi connectivity index (χ0n) is 11.6. The summed E-state index contributed by atoms with van der Waals surface area (Å²) in [5.74, 6) is 0. The molecule has 0 aliphatic carbocycles. The standard InChI is InChI=1S/C15H19N3.2ClH/c1-11-8-12(9-18-7-6-13(16)10-18)14-4-2-3-5-15(14)17-11;;/h2-5,8,13H,6-7,9-10,16H2,1H3;2*1H/t13-;;/m1../s1. The molecule has 110 valence electrons. The summed E-state index contributed by atoms with van der Waals surface area (Å²) in [5, 5.41) is 1.27. The first-order valence-corrected chi connectivity index (χ1v) is 6.55. The van der Waals surface area contributed by atoms with E-state index < -0.39 is 0 Å². The highest BCUT2D eigenvalue weighted by molar-refractivity contribution is 5.85. The quantitative estimate of drug-likeness (QED) is 0.927. The Bertz CT molecular complexity index is 574. The van der Waals surface area contributed by atoms with Gasteiger partial charge in [-0.05, 0) is 31.0 Å². The van der Waals surface area contributed by atoms with E-state index in [9.17, 15) is 0 Å². The zero-order chi connectivity index (χ0) is 12.5. The van der Waals surface area contributed by atoms with Gasteiger partial charge < -0.3 is 5.73 Å². The molecule has 1 fully saturated rings. The monoisotopic (exact) mass is 313 g/mol. The Hall–Kier alpha value is -0.870. The van der Waals surface area contributed by atoms with Crippen LogP contribution in [0.15, 0.2) is 30.3 Å². The third-order valence-corrected chi connectivity index (χ3v) is 3.63. The van der Waals surface area contributed by atoms with Gasteiger partial charge in [0.25, 0.3) is 0 Å². The molecule has 20 heavy (non-hydrogen) atoms. The Morgan fingerprint density at radius 3 is 2.75 bits per heavy atom. The molecule has 0 bridgehead atoms. The lowest BCUT2D eigenvalue weighted by Gasteiger charge is -2.17. The van der Waals surface area contributed by atoms with Crippen molar-refractivity contribution in [3.05, 3.63) is 41.6 Å². The molecule has 3 nitrogen and oxygen atoms in total. The molecule has 1 atom stereocenters. The molecular weight excluding hydrogens is 293 g/mol. The van der Waals surface area contributed by atoms with E-state index in [1.54, 1.807) is 0 Å². The normalized spacial score (nSPS) is 18.6. The van der Waals surface area contributed by atoms with Crippen molar-refractivity contribution in [2.75, 3.05) is 13.1 Å². The smallest absolute Gasteiger partial charge is 0.0708 e. The first kappa shape index (κ1) is 17.2. The van der Waals surface area contributed by atoms with Gasteiger partial charge in [0.1, 0.15) is 0 Å². The van der Waals surface area contributed by atoms with E-state index in [2.05, 4.69) is 41.1 Å². The molecule has 0 spiro atoms. The number of benzene rings is 1. The Morgan fingerprint density at radius 2 is 2.05 bits per heavy atom. The number of halogens is 2. The average molecular weight is 314 g/mol. The van der Waals surface area contributed by atoms with Crippen molar-refractivity contribution >= 4 is 35.7 Å². The maximum atomic E-state index is 5.97. The zero-order valence-corrected chi connectivity index (χ0v) is 13.2. The summed E-state index contributed by atoms with van der Waals surface area (Å²) in [6.45, 7) is 5.16. The fourth-order valence-electron chi connectivity index (χ4n) is 2.77. The van der Waals surface area contributed by atoms with Crippen LogP contribution in [0.2, 0.25) is 0 Å². The molecule has 1 saturated heterocycles. The van der Waals surface area contributed by atoms with Crippen LogP contribution in [0.25, 0.3) is 10.9 Å². The molecule has 5 heteroatoms. The molecule has 1 aromatic heterocycles. The van der Waals surface area contributed by atoms with Gasteiger partial charge in [0, 0.05) is 36.8 Å². The summed E-state index contributed by atoms with van der Waals surface area (Å²) in [6.07, 6.45) is 1.11. The number of rotatable bonds is 2. The van der Waals surface area contributed by atoms with Crippen molar-refractivity contribution < 1.29 is 0 Å². The van der Waals surface area contributed by atoms with Gasteiger partial charge in [-0.3, -0.25) is 9.88 Å². The molecule has 2 N–H and O–H groups in total. The van der Waals surface area contributed by atoms with Crippen LogP contribution < -0.4 is 5.73 Å². The van der Waals surface area contributed by atoms with E-state index in [-0.39, 0.29) is 24.8 Å². The fraction of sp³-hybridized carbons (Fsp3) is 0.400. The minimum atomic E-state index is 0. The number of aromatic nitrogens is 1. The first-order valence-electron chi connectivity index (χ1n) is 6.55. The van der Waals surface area contributed by atoms with Crippen LogP contribution >= 0.6 is 24.8 Å². The number of para-hydroxylation sites is 1. The van der Waals surface area contributed by atoms with Gasteiger partial charge in [-0.15, -0.1) is 24.8 Å². The van der Waals surface area contributed by atoms with Crippen molar-refractivity contribution in [1.29, 1.82) is 0 Å². The molecule has 2 aromatic rings. The van der Waals surface area contributed by atoms with Gasteiger partial charge in [0.05, 0.1) is 5.52 Å². The van der Waals surface area contributed by atoms with Gasteiger partial charge in [-0.2, -0.15) is 0 Å². The molecule has 0 saturated carbocycles. The topological polar surface area (TPSA) is 42.1 Å². The number of likely N-dealkylation sites (tertiary alicyclic amines) is 1. The number of hydrogen-bond donors (Lipinski definition) is 1. The van der Waals surface area contributed by atoms with Crippen LogP contribution in [-0.2, 0) is 6.54 Å². The van der Waals surface area contributed by atoms with Gasteiger partial charge in [-0.25, -0.2) is 0 Å². The molecule has 0 amide bonds. The second-order valence-electron chi connectivity index (χ2n) is 5.22. The van der Waals surface area contributed by atoms with Crippen molar-refractivity contribution in [3.8, 4) is 0 Å². The van der Waals surface area contributed by atoms with Crippen LogP contribution in [-0.4, -0.2) is 29.0 Å². The Balaban J connectivity index is 0.000001000. The molecule has 0 unspecified atom stereocenters. The number of fused-ring (bicyclic) bond motifs is 1. The Kier molecular flexibility index (Phi) is 6.21. The van der Waals surface area contributed by atoms with Crippen LogP contribution in [0.4, 0.5) is 0 Å². The lowest BCUT2D eigenvalue weighted by atomic mass is 10.1. The summed E-state index contributed by atoms with van der Waals surface area (Å²) < 4.78 is 0. The molecule has 1 aliphatic heterocycles. The van der Waals surface area contributed by atoms with Crippen molar-refractivity contribution in [2.24, 2.45) is 5.73 Å². The van der Waals surface area contributed by atoms with E-state index in [0.717, 1.165) is 37.3 Å². The number of nitrogens with zero attached hydrogens (tertiary/aromatic N) is 2. The van der Waals surface area contributed by atoms with Crippen LogP contribution in [0.5, 0.6) is 0 Å². The fourth-order valence-corrected chi connectivity index (χ4v) is 2.77. The third kappa shape index (κ3) is 3.61. The maximum absolute atomic E-state index is 5.97. The van der Waals surface area contributed by atoms with Crippen LogP contribution in [0, 0.1) is 6.92 Å². The molecule has 0 radical (unpaired) electrons. The summed E-state index contributed by atoms with van der Waals surface area (Å²) >= 11 is 0. The maximum Gasteiger partial charge on any atom is 0.0708 e. The molecule has 1 aromatic carbocycles. The van der Waals surface area contributed by atoms with E-state index in [0.29, 0.717) is 6.04 Å². The van der Waals surface area contributed by atoms with E-state index >= 15 is 0 Å². The van der Waals surface area contributed by atoms with Gasteiger partial charge in [-0.1, -0.05) is 18.2 Å². The minimum absolute atomic E-state index is 0. The summed E-state index contributed by atoms with van der Waals surface area (Å²) in [4.78, 5) is 7.02. The highest BCUT2D eigenvalue weighted by Crippen LogP contribution is 2.21. The van der Waals surface area contributed by atoms with Crippen molar-refractivity contribution in [2.45, 2.75) is 25.9 Å². The molecule has 3 rings (SSSR count). The van der Waals surface area contributed by atoms with Gasteiger partial charge in [0.15, 0.2) is 0 Å². The van der Waals surface area contributed by atoms with E-state index in [1.807, 2.05) is 6.07 Å². The number of nitrogens with two attached hydrogens (primary N) is 1. The predicted molar refractivity (Wildman–Crippen MR) is 88.8 cm³/mol. The molecular formula is C15H21Cl2N3. The first-order chi connectivity index (χ1) is 8.72. The highest BCUT2D eigenvalue weighted by atomic mass is 35.5. The van der Waals surface area contributed by atoms with E-state index in [4.69, 9.17) is 5.73 Å². The van der Waals surface area contributed by atoms with Gasteiger partial charge in [0.2, 0.25) is 0 Å². The Morgan fingerprint density at radius 1 is 1.30 bits per heavy atom.